The van der Waals surface area contributed by atoms with Crippen LogP contribution in [-0.4, -0.2) is 12.2 Å². The van der Waals surface area contributed by atoms with Crippen molar-refractivity contribution in [2.45, 2.75) is 26.1 Å². The van der Waals surface area contributed by atoms with E-state index in [2.05, 4.69) is 86.6 Å². The molecule has 25 heavy (non-hydrogen) atoms. The molecule has 0 radical (unpaired) electrons. The number of hydrogen-bond donors (Lipinski definition) is 0. The molecule has 0 aromatic heterocycles. The molecule has 4 rings (SSSR count). The molecule has 1 heterocycles. The molecule has 3 aromatic carbocycles. The zero-order valence-electron chi connectivity index (χ0n) is 14.6. The fourth-order valence-corrected chi connectivity index (χ4v) is 9.17. The van der Waals surface area contributed by atoms with Gasteiger partial charge in [0.1, 0.15) is 0 Å². The Labute approximate surface area is 149 Å². The van der Waals surface area contributed by atoms with Gasteiger partial charge in [-0.3, -0.25) is 0 Å². The molecule has 2 nitrogen and oxygen atoms in total. The average molecular weight is 350 g/mol. The Bertz CT molecular complexity index is 736. The molecule has 3 heteroatoms. The van der Waals surface area contributed by atoms with Gasteiger partial charge in [0.2, 0.25) is 0 Å². The maximum absolute atomic E-state index is 6.92. The predicted octanol–water partition coefficient (Wildman–Crippen LogP) is 4.17. The molecule has 1 aliphatic heterocycles. The zero-order valence-corrected chi connectivity index (χ0v) is 15.5. The van der Waals surface area contributed by atoms with Gasteiger partial charge in [-0.2, -0.15) is 0 Å². The Hall–Kier alpha value is -1.99. The van der Waals surface area contributed by atoms with Gasteiger partial charge in [0.15, 0.2) is 0 Å². The van der Waals surface area contributed by atoms with Crippen molar-refractivity contribution < 1.29 is 9.05 Å². The van der Waals surface area contributed by atoms with E-state index in [1.54, 1.807) is 0 Å². The average Bonchev–Trinajstić information content (AvgIpc) is 2.98. The van der Waals surface area contributed by atoms with Gasteiger partial charge in [0.25, 0.3) is 0 Å². The third kappa shape index (κ3) is 2.29. The SMILES string of the molecule is C[C@@H]1OP(c2ccccc2)(c2ccccc2)(c2ccccc2)O[C@H]1C. The summed E-state index contributed by atoms with van der Waals surface area (Å²) in [5, 5.41) is 3.34. The summed E-state index contributed by atoms with van der Waals surface area (Å²) in [6.45, 7) is 4.21. The molecule has 1 aliphatic rings. The van der Waals surface area contributed by atoms with Gasteiger partial charge in [0, 0.05) is 0 Å². The molecule has 0 N–H and O–H groups in total. The molecular formula is C22H23O2P. The zero-order chi connectivity index (χ0) is 17.4. The number of benzene rings is 3. The van der Waals surface area contributed by atoms with Crippen LogP contribution in [0.15, 0.2) is 91.0 Å². The minimum atomic E-state index is -3.45. The molecule has 0 aliphatic carbocycles. The van der Waals surface area contributed by atoms with Gasteiger partial charge in [0.05, 0.1) is 0 Å². The summed E-state index contributed by atoms with van der Waals surface area (Å²) in [6.07, 6.45) is 0.0246. The van der Waals surface area contributed by atoms with E-state index >= 15 is 0 Å². The van der Waals surface area contributed by atoms with E-state index in [0.717, 1.165) is 15.9 Å². The Kier molecular flexibility index (Phi) is 4.00. The number of rotatable bonds is 3. The van der Waals surface area contributed by atoms with E-state index in [4.69, 9.17) is 9.05 Å². The quantitative estimate of drug-likeness (QED) is 0.660. The molecule has 2 atom stereocenters. The predicted molar refractivity (Wildman–Crippen MR) is 106 cm³/mol. The third-order valence-electron chi connectivity index (χ3n) is 5.07. The van der Waals surface area contributed by atoms with Crippen molar-refractivity contribution in [1.29, 1.82) is 0 Å². The van der Waals surface area contributed by atoms with E-state index in [1.165, 1.54) is 0 Å². The van der Waals surface area contributed by atoms with E-state index in [9.17, 15) is 0 Å². The van der Waals surface area contributed by atoms with Gasteiger partial charge >= 0.3 is 149 Å². The summed E-state index contributed by atoms with van der Waals surface area (Å²) in [5.41, 5.74) is 0. The van der Waals surface area contributed by atoms with E-state index < -0.39 is 7.06 Å². The second-order valence-electron chi connectivity index (χ2n) is 6.59. The van der Waals surface area contributed by atoms with Crippen LogP contribution in [0.25, 0.3) is 0 Å². The van der Waals surface area contributed by atoms with Crippen LogP contribution in [0, 0.1) is 0 Å². The summed E-state index contributed by atoms with van der Waals surface area (Å²) < 4.78 is 13.8. The Morgan fingerprint density at radius 3 is 1.08 bits per heavy atom. The van der Waals surface area contributed by atoms with Crippen molar-refractivity contribution in [2.24, 2.45) is 0 Å². The van der Waals surface area contributed by atoms with E-state index in [1.807, 2.05) is 18.2 Å². The molecule has 3 aromatic rings. The third-order valence-corrected chi connectivity index (χ3v) is 10.2. The molecule has 0 bridgehead atoms. The van der Waals surface area contributed by atoms with Gasteiger partial charge in [-0.1, -0.05) is 0 Å². The first-order valence-electron chi connectivity index (χ1n) is 8.73. The summed E-state index contributed by atoms with van der Waals surface area (Å²) in [6, 6.07) is 31.4. The fourth-order valence-electron chi connectivity index (χ4n) is 3.74. The van der Waals surface area contributed by atoms with Crippen molar-refractivity contribution in [3.05, 3.63) is 91.0 Å². The van der Waals surface area contributed by atoms with Crippen LogP contribution < -0.4 is 15.9 Å². The standard InChI is InChI=1S/C22H23O2P/c1-18-19(2)24-25(23-18,20-12-6-3-7-13-20,21-14-8-4-9-15-21)22-16-10-5-11-17-22/h3-19H,1-2H3/t18-,19-/m0/s1. The Balaban J connectivity index is 2.14. The van der Waals surface area contributed by atoms with Crippen LogP contribution in [-0.2, 0) is 9.05 Å². The first-order valence-corrected chi connectivity index (χ1v) is 10.8. The molecule has 0 unspecified atom stereocenters. The van der Waals surface area contributed by atoms with Crippen LogP contribution in [0.5, 0.6) is 0 Å². The molecule has 1 saturated heterocycles. The Morgan fingerprint density at radius 1 is 0.520 bits per heavy atom. The van der Waals surface area contributed by atoms with Gasteiger partial charge < -0.3 is 0 Å². The maximum atomic E-state index is 6.92. The van der Waals surface area contributed by atoms with Gasteiger partial charge in [-0.05, 0) is 0 Å². The summed E-state index contributed by atoms with van der Waals surface area (Å²) in [4.78, 5) is 0. The van der Waals surface area contributed by atoms with Crippen LogP contribution in [0.1, 0.15) is 13.8 Å². The minimum absolute atomic E-state index is 0.0123. The van der Waals surface area contributed by atoms with Crippen LogP contribution in [0.2, 0.25) is 0 Å². The first kappa shape index (κ1) is 16.5. The topological polar surface area (TPSA) is 18.5 Å². The van der Waals surface area contributed by atoms with Crippen molar-refractivity contribution in [3.8, 4) is 0 Å². The molecule has 0 spiro atoms. The summed E-state index contributed by atoms with van der Waals surface area (Å²) in [5.74, 6) is 0. The van der Waals surface area contributed by atoms with E-state index in [0.29, 0.717) is 0 Å². The van der Waals surface area contributed by atoms with Crippen LogP contribution in [0.3, 0.4) is 0 Å². The van der Waals surface area contributed by atoms with Crippen molar-refractivity contribution in [2.75, 3.05) is 0 Å². The molecule has 0 amide bonds. The van der Waals surface area contributed by atoms with Gasteiger partial charge in [-0.15, -0.1) is 0 Å². The van der Waals surface area contributed by atoms with Crippen LogP contribution in [0.4, 0.5) is 0 Å². The normalized spacial score (nSPS) is 25.8. The van der Waals surface area contributed by atoms with Crippen molar-refractivity contribution >= 4 is 23.0 Å². The molecule has 128 valence electrons. The van der Waals surface area contributed by atoms with Crippen molar-refractivity contribution in [1.82, 2.24) is 0 Å². The second-order valence-corrected chi connectivity index (χ2v) is 10.5. The molecular weight excluding hydrogens is 327 g/mol. The summed E-state index contributed by atoms with van der Waals surface area (Å²) in [7, 11) is -3.45. The fraction of sp³-hybridized carbons (Fsp3) is 0.182. The molecule has 1 fully saturated rings. The first-order chi connectivity index (χ1) is 12.2. The molecule has 0 saturated carbocycles. The number of hydrogen-bond acceptors (Lipinski definition) is 2. The van der Waals surface area contributed by atoms with Crippen LogP contribution >= 0.6 is 7.06 Å². The van der Waals surface area contributed by atoms with Crippen molar-refractivity contribution in [3.63, 3.8) is 0 Å². The monoisotopic (exact) mass is 350 g/mol. The van der Waals surface area contributed by atoms with Gasteiger partial charge in [-0.25, -0.2) is 0 Å². The second kappa shape index (κ2) is 6.07. The van der Waals surface area contributed by atoms with E-state index in [-0.39, 0.29) is 12.2 Å². The Morgan fingerprint density at radius 2 is 0.800 bits per heavy atom. The summed E-state index contributed by atoms with van der Waals surface area (Å²) >= 11 is 0.